The molecule has 2 N–H and O–H groups in total. The molecule has 2 rings (SSSR count). The van der Waals surface area contributed by atoms with Crippen LogP contribution in [0.15, 0.2) is 6.07 Å². The van der Waals surface area contributed by atoms with Crippen molar-refractivity contribution in [1.82, 2.24) is 15.5 Å². The fourth-order valence-electron chi connectivity index (χ4n) is 2.52. The number of carbonyl (C=O) groups is 1. The Balaban J connectivity index is 2.05. The molecule has 104 valence electrons. The zero-order valence-corrected chi connectivity index (χ0v) is 11.6. The van der Waals surface area contributed by atoms with Gasteiger partial charge in [0.15, 0.2) is 0 Å². The summed E-state index contributed by atoms with van der Waals surface area (Å²) < 4.78 is 0. The van der Waals surface area contributed by atoms with Crippen molar-refractivity contribution < 1.29 is 9.90 Å². The molecule has 0 spiro atoms. The number of aliphatic hydroxyl groups is 1. The Labute approximate surface area is 113 Å². The second-order valence-electron chi connectivity index (χ2n) is 5.31. The molecule has 1 fully saturated rings. The van der Waals surface area contributed by atoms with E-state index in [1.807, 2.05) is 13.8 Å². The maximum atomic E-state index is 12.2. The molecule has 0 saturated heterocycles. The van der Waals surface area contributed by atoms with E-state index in [-0.39, 0.29) is 5.91 Å². The van der Waals surface area contributed by atoms with E-state index in [1.165, 1.54) is 0 Å². The maximum absolute atomic E-state index is 12.2. The highest BCUT2D eigenvalue weighted by molar-refractivity contribution is 5.95. The van der Waals surface area contributed by atoms with Gasteiger partial charge in [-0.1, -0.05) is 19.8 Å². The quantitative estimate of drug-likeness (QED) is 0.860. The lowest BCUT2D eigenvalue weighted by atomic mass is 10.0. The molecule has 5 nitrogen and oxygen atoms in total. The smallest absolute Gasteiger partial charge is 0.253 e. The number of carbonyl (C=O) groups excluding carboxylic acids is 1. The Kier molecular flexibility index (Phi) is 4.14. The van der Waals surface area contributed by atoms with Gasteiger partial charge < -0.3 is 10.4 Å². The number of hydrogen-bond donors (Lipinski definition) is 2. The van der Waals surface area contributed by atoms with E-state index < -0.39 is 5.60 Å². The molecule has 19 heavy (non-hydrogen) atoms. The first-order chi connectivity index (χ1) is 9.04. The summed E-state index contributed by atoms with van der Waals surface area (Å²) in [5.74, 6) is -0.171. The number of aromatic nitrogens is 2. The van der Waals surface area contributed by atoms with Crippen LogP contribution in [0.3, 0.4) is 0 Å². The molecule has 0 bridgehead atoms. The molecule has 0 aliphatic heterocycles. The molecule has 1 saturated carbocycles. The van der Waals surface area contributed by atoms with Crippen molar-refractivity contribution in [2.75, 3.05) is 6.54 Å². The zero-order chi connectivity index (χ0) is 13.9. The van der Waals surface area contributed by atoms with Crippen LogP contribution in [0.2, 0.25) is 0 Å². The largest absolute Gasteiger partial charge is 0.388 e. The van der Waals surface area contributed by atoms with Crippen molar-refractivity contribution in [3.05, 3.63) is 23.0 Å². The third kappa shape index (κ3) is 3.29. The van der Waals surface area contributed by atoms with Crippen molar-refractivity contribution in [3.8, 4) is 0 Å². The van der Waals surface area contributed by atoms with E-state index in [2.05, 4.69) is 15.5 Å². The second kappa shape index (κ2) is 5.65. The third-order valence-corrected chi connectivity index (χ3v) is 3.68. The third-order valence-electron chi connectivity index (χ3n) is 3.68. The molecule has 1 aromatic heterocycles. The molecule has 5 heteroatoms. The summed E-state index contributed by atoms with van der Waals surface area (Å²) in [5, 5.41) is 21.1. The SMILES string of the molecule is CCc1nnc(C)cc1C(=O)NCC1(O)CCCC1. The van der Waals surface area contributed by atoms with Crippen LogP contribution in [0, 0.1) is 6.92 Å². The standard InChI is InChI=1S/C14H21N3O2/c1-3-12-11(8-10(2)16-17-12)13(18)15-9-14(19)6-4-5-7-14/h8,19H,3-7,9H2,1-2H3,(H,15,18). The molecule has 1 aromatic rings. The highest BCUT2D eigenvalue weighted by Gasteiger charge is 2.31. The van der Waals surface area contributed by atoms with Gasteiger partial charge in [-0.05, 0) is 32.3 Å². The maximum Gasteiger partial charge on any atom is 0.253 e. The van der Waals surface area contributed by atoms with Crippen LogP contribution in [0.1, 0.15) is 54.4 Å². The average Bonchev–Trinajstić information content (AvgIpc) is 2.83. The van der Waals surface area contributed by atoms with Crippen molar-refractivity contribution in [3.63, 3.8) is 0 Å². The Hall–Kier alpha value is -1.49. The summed E-state index contributed by atoms with van der Waals surface area (Å²) in [4.78, 5) is 12.2. The normalized spacial score (nSPS) is 17.4. The van der Waals surface area contributed by atoms with Gasteiger partial charge in [-0.3, -0.25) is 4.79 Å². The van der Waals surface area contributed by atoms with Crippen LogP contribution in [0.4, 0.5) is 0 Å². The van der Waals surface area contributed by atoms with Gasteiger partial charge in [-0.2, -0.15) is 10.2 Å². The predicted molar refractivity (Wildman–Crippen MR) is 71.9 cm³/mol. The number of nitrogens with zero attached hydrogens (tertiary/aromatic N) is 2. The van der Waals surface area contributed by atoms with Crippen LogP contribution >= 0.6 is 0 Å². The number of rotatable bonds is 4. The van der Waals surface area contributed by atoms with Crippen LogP contribution in [0.25, 0.3) is 0 Å². The van der Waals surface area contributed by atoms with E-state index in [1.54, 1.807) is 6.07 Å². The molecule has 0 radical (unpaired) electrons. The summed E-state index contributed by atoms with van der Waals surface area (Å²) in [6.07, 6.45) is 4.26. The van der Waals surface area contributed by atoms with E-state index >= 15 is 0 Å². The Morgan fingerprint density at radius 3 is 2.74 bits per heavy atom. The lowest BCUT2D eigenvalue weighted by Crippen LogP contribution is -2.41. The molecule has 1 aliphatic rings. The first-order valence-corrected chi connectivity index (χ1v) is 6.88. The Bertz CT molecular complexity index is 468. The summed E-state index contributed by atoms with van der Waals surface area (Å²) >= 11 is 0. The highest BCUT2D eigenvalue weighted by atomic mass is 16.3. The molecule has 0 atom stereocenters. The molecule has 0 unspecified atom stereocenters. The molecule has 1 amide bonds. The number of hydrogen-bond acceptors (Lipinski definition) is 4. The fraction of sp³-hybridized carbons (Fsp3) is 0.643. The molecule has 1 heterocycles. The van der Waals surface area contributed by atoms with Crippen molar-refractivity contribution in [1.29, 1.82) is 0 Å². The van der Waals surface area contributed by atoms with Gasteiger partial charge >= 0.3 is 0 Å². The summed E-state index contributed by atoms with van der Waals surface area (Å²) in [7, 11) is 0. The predicted octanol–water partition coefficient (Wildman–Crippen LogP) is 1.38. The van der Waals surface area contributed by atoms with E-state index in [0.29, 0.717) is 24.2 Å². The fourth-order valence-corrected chi connectivity index (χ4v) is 2.52. The van der Waals surface area contributed by atoms with Crippen LogP contribution in [-0.4, -0.2) is 33.4 Å². The number of nitrogens with one attached hydrogen (secondary N) is 1. The van der Waals surface area contributed by atoms with Crippen molar-refractivity contribution in [2.45, 2.75) is 51.6 Å². The minimum absolute atomic E-state index is 0.171. The molecule has 0 aromatic carbocycles. The topological polar surface area (TPSA) is 75.1 Å². The summed E-state index contributed by atoms with van der Waals surface area (Å²) in [6, 6.07) is 1.75. The van der Waals surface area contributed by atoms with Gasteiger partial charge in [0.2, 0.25) is 0 Å². The van der Waals surface area contributed by atoms with Gasteiger partial charge in [0, 0.05) is 6.54 Å². The Morgan fingerprint density at radius 1 is 1.42 bits per heavy atom. The van der Waals surface area contributed by atoms with Gasteiger partial charge in [0.1, 0.15) is 0 Å². The minimum Gasteiger partial charge on any atom is -0.388 e. The number of aryl methyl sites for hydroxylation is 2. The van der Waals surface area contributed by atoms with Gasteiger partial charge in [0.05, 0.1) is 22.6 Å². The van der Waals surface area contributed by atoms with Crippen LogP contribution in [-0.2, 0) is 6.42 Å². The van der Waals surface area contributed by atoms with Crippen LogP contribution in [0.5, 0.6) is 0 Å². The summed E-state index contributed by atoms with van der Waals surface area (Å²) in [6.45, 7) is 4.07. The number of amides is 1. The lowest BCUT2D eigenvalue weighted by molar-refractivity contribution is 0.0449. The van der Waals surface area contributed by atoms with E-state index in [4.69, 9.17) is 0 Å². The Morgan fingerprint density at radius 2 is 2.11 bits per heavy atom. The minimum atomic E-state index is -0.725. The highest BCUT2D eigenvalue weighted by Crippen LogP contribution is 2.28. The van der Waals surface area contributed by atoms with Gasteiger partial charge in [-0.25, -0.2) is 0 Å². The van der Waals surface area contributed by atoms with Crippen LogP contribution < -0.4 is 5.32 Å². The van der Waals surface area contributed by atoms with Crippen molar-refractivity contribution in [2.24, 2.45) is 0 Å². The van der Waals surface area contributed by atoms with E-state index in [0.717, 1.165) is 31.4 Å². The lowest BCUT2D eigenvalue weighted by Gasteiger charge is -2.22. The molecule has 1 aliphatic carbocycles. The molecular weight excluding hydrogens is 242 g/mol. The van der Waals surface area contributed by atoms with Gasteiger partial charge in [-0.15, -0.1) is 0 Å². The monoisotopic (exact) mass is 263 g/mol. The summed E-state index contributed by atoms with van der Waals surface area (Å²) in [5.41, 5.74) is 1.26. The van der Waals surface area contributed by atoms with Crippen molar-refractivity contribution >= 4 is 5.91 Å². The molecular formula is C14H21N3O2. The first-order valence-electron chi connectivity index (χ1n) is 6.88. The second-order valence-corrected chi connectivity index (χ2v) is 5.31. The zero-order valence-electron chi connectivity index (χ0n) is 11.6. The van der Waals surface area contributed by atoms with E-state index in [9.17, 15) is 9.90 Å². The van der Waals surface area contributed by atoms with Gasteiger partial charge in [0.25, 0.3) is 5.91 Å². The first kappa shape index (κ1) is 13.9. The average molecular weight is 263 g/mol.